The molecule has 0 aliphatic rings. The van der Waals surface area contributed by atoms with Crippen molar-refractivity contribution in [2.75, 3.05) is 5.32 Å². The Morgan fingerprint density at radius 3 is 2.37 bits per heavy atom. The minimum Gasteiger partial charge on any atom is -0.365 e. The van der Waals surface area contributed by atoms with Crippen LogP contribution < -0.4 is 11.1 Å². The standard InChI is InChI=1S/C22H22F3N7O2S/c1-6-32-10(3)13(8-27-32)12-7-14(22(23,24)25)28-21-16(12)17(18(35-21)19(26)33)29-20(34)15-9(2)30-31(5)11(15)4/h7-8H,6H2,1-5H3,(H2,26,33)(H,29,34). The number of nitrogens with zero attached hydrogens (tertiary/aromatic N) is 5. The van der Waals surface area contributed by atoms with Crippen LogP contribution in [0.1, 0.15) is 49.7 Å². The first-order chi connectivity index (χ1) is 16.3. The van der Waals surface area contributed by atoms with Crippen LogP contribution in [0.15, 0.2) is 12.3 Å². The minimum absolute atomic E-state index is 0.00465. The lowest BCUT2D eigenvalue weighted by atomic mass is 10.0. The van der Waals surface area contributed by atoms with Crippen molar-refractivity contribution in [1.82, 2.24) is 24.5 Å². The van der Waals surface area contributed by atoms with Crippen molar-refractivity contribution in [3.05, 3.63) is 45.5 Å². The van der Waals surface area contributed by atoms with Gasteiger partial charge < -0.3 is 11.1 Å². The zero-order valence-electron chi connectivity index (χ0n) is 19.5. The summed E-state index contributed by atoms with van der Waals surface area (Å²) in [6, 6.07) is 0.903. The molecule has 4 rings (SSSR count). The lowest BCUT2D eigenvalue weighted by Crippen LogP contribution is -2.18. The molecule has 4 aromatic rings. The van der Waals surface area contributed by atoms with Gasteiger partial charge in [-0.05, 0) is 39.3 Å². The number of carbonyl (C=O) groups is 2. The smallest absolute Gasteiger partial charge is 0.365 e. The Balaban J connectivity index is 2.03. The van der Waals surface area contributed by atoms with Gasteiger partial charge in [-0.2, -0.15) is 23.4 Å². The van der Waals surface area contributed by atoms with Gasteiger partial charge in [-0.1, -0.05) is 0 Å². The number of nitrogens with two attached hydrogens (primary N) is 1. The molecule has 0 saturated carbocycles. The highest BCUT2D eigenvalue weighted by molar-refractivity contribution is 7.21. The quantitative estimate of drug-likeness (QED) is 0.421. The van der Waals surface area contributed by atoms with Crippen LogP contribution >= 0.6 is 11.3 Å². The second kappa shape index (κ2) is 8.48. The molecule has 0 radical (unpaired) electrons. The van der Waals surface area contributed by atoms with E-state index in [2.05, 4.69) is 20.5 Å². The predicted octanol–water partition coefficient (Wildman–Crippen LogP) is 4.21. The number of hydrogen-bond acceptors (Lipinski definition) is 6. The molecule has 0 atom stereocenters. The third-order valence-electron chi connectivity index (χ3n) is 5.84. The molecule has 0 unspecified atom stereocenters. The molecule has 0 fully saturated rings. The Labute approximate surface area is 201 Å². The maximum atomic E-state index is 13.7. The molecule has 13 heteroatoms. The highest BCUT2D eigenvalue weighted by atomic mass is 32.1. The molecule has 4 heterocycles. The summed E-state index contributed by atoms with van der Waals surface area (Å²) in [5, 5.41) is 11.4. The molecule has 35 heavy (non-hydrogen) atoms. The average Bonchev–Trinajstić information content (AvgIpc) is 3.40. The van der Waals surface area contributed by atoms with E-state index in [0.29, 0.717) is 46.1 Å². The summed E-state index contributed by atoms with van der Waals surface area (Å²) in [6.45, 7) is 7.46. The number of aryl methyl sites for hydroxylation is 3. The fraction of sp³-hybridized carbons (Fsp3) is 0.318. The maximum Gasteiger partial charge on any atom is 0.433 e. The van der Waals surface area contributed by atoms with E-state index in [1.807, 2.05) is 6.92 Å². The van der Waals surface area contributed by atoms with Crippen molar-refractivity contribution >= 4 is 39.1 Å². The van der Waals surface area contributed by atoms with Crippen LogP contribution in [-0.4, -0.2) is 36.4 Å². The number of nitrogens with one attached hydrogen (secondary N) is 1. The number of halogens is 3. The van der Waals surface area contributed by atoms with Crippen LogP contribution in [0.5, 0.6) is 0 Å². The van der Waals surface area contributed by atoms with Gasteiger partial charge in [-0.15, -0.1) is 11.3 Å². The molecular formula is C22H22F3N7O2S. The summed E-state index contributed by atoms with van der Waals surface area (Å²) in [6.07, 6.45) is -3.28. The summed E-state index contributed by atoms with van der Waals surface area (Å²) in [4.78, 5) is 29.1. The second-order valence-corrected chi connectivity index (χ2v) is 8.99. The monoisotopic (exact) mass is 505 g/mol. The van der Waals surface area contributed by atoms with E-state index in [9.17, 15) is 22.8 Å². The number of pyridine rings is 1. The molecule has 3 N–H and O–H groups in total. The normalized spacial score (nSPS) is 11.9. The summed E-state index contributed by atoms with van der Waals surface area (Å²) in [5.41, 5.74) is 6.95. The van der Waals surface area contributed by atoms with Crippen molar-refractivity contribution in [1.29, 1.82) is 0 Å². The Bertz CT molecular complexity index is 1500. The molecule has 0 aliphatic heterocycles. The molecule has 4 aromatic heterocycles. The number of aromatic nitrogens is 5. The van der Waals surface area contributed by atoms with Gasteiger partial charge >= 0.3 is 6.18 Å². The van der Waals surface area contributed by atoms with Gasteiger partial charge in [0.05, 0.1) is 23.1 Å². The van der Waals surface area contributed by atoms with Crippen molar-refractivity contribution in [3.63, 3.8) is 0 Å². The molecule has 0 spiro atoms. The van der Waals surface area contributed by atoms with Gasteiger partial charge in [0.25, 0.3) is 11.8 Å². The fourth-order valence-corrected chi connectivity index (χ4v) is 5.06. The van der Waals surface area contributed by atoms with Crippen molar-refractivity contribution in [2.45, 2.75) is 40.4 Å². The van der Waals surface area contributed by atoms with E-state index < -0.39 is 23.7 Å². The molecule has 9 nitrogen and oxygen atoms in total. The number of hydrogen-bond donors (Lipinski definition) is 2. The molecule has 0 aromatic carbocycles. The molecule has 0 bridgehead atoms. The molecule has 0 saturated heterocycles. The Morgan fingerprint density at radius 1 is 1.17 bits per heavy atom. The third kappa shape index (κ3) is 4.05. The lowest BCUT2D eigenvalue weighted by Gasteiger charge is -2.12. The number of rotatable bonds is 5. The zero-order chi connectivity index (χ0) is 25.8. The van der Waals surface area contributed by atoms with Gasteiger partial charge in [0.2, 0.25) is 0 Å². The summed E-state index contributed by atoms with van der Waals surface area (Å²) in [5.74, 6) is -1.47. The van der Waals surface area contributed by atoms with Crippen LogP contribution in [0.3, 0.4) is 0 Å². The molecule has 2 amide bonds. The van der Waals surface area contributed by atoms with Crippen LogP contribution in [0, 0.1) is 20.8 Å². The average molecular weight is 506 g/mol. The van der Waals surface area contributed by atoms with Gasteiger partial charge in [-0.25, -0.2) is 4.98 Å². The summed E-state index contributed by atoms with van der Waals surface area (Å²) < 4.78 is 44.3. The summed E-state index contributed by atoms with van der Waals surface area (Å²) >= 11 is 0.692. The first-order valence-corrected chi connectivity index (χ1v) is 11.4. The van der Waals surface area contributed by atoms with E-state index in [1.54, 1.807) is 32.5 Å². The lowest BCUT2D eigenvalue weighted by molar-refractivity contribution is -0.140. The van der Waals surface area contributed by atoms with Gasteiger partial charge in [0, 0.05) is 35.9 Å². The van der Waals surface area contributed by atoms with Gasteiger partial charge in [0.15, 0.2) is 0 Å². The number of alkyl halides is 3. The first kappa shape index (κ1) is 24.4. The van der Waals surface area contributed by atoms with Gasteiger partial charge in [-0.3, -0.25) is 19.0 Å². The fourth-order valence-electron chi connectivity index (χ4n) is 4.06. The first-order valence-electron chi connectivity index (χ1n) is 10.5. The second-order valence-electron chi connectivity index (χ2n) is 7.99. The number of amides is 2. The SMILES string of the molecule is CCn1ncc(-c2cc(C(F)(F)F)nc3sc(C(N)=O)c(NC(=O)c4c(C)nn(C)c4C)c23)c1C. The zero-order valence-corrected chi connectivity index (χ0v) is 20.4. The highest BCUT2D eigenvalue weighted by Gasteiger charge is 2.35. The van der Waals surface area contributed by atoms with Crippen LogP contribution in [0.4, 0.5) is 18.9 Å². The summed E-state index contributed by atoms with van der Waals surface area (Å²) in [7, 11) is 1.68. The highest BCUT2D eigenvalue weighted by Crippen LogP contribution is 2.44. The van der Waals surface area contributed by atoms with E-state index in [4.69, 9.17) is 5.73 Å². The number of primary amides is 1. The van der Waals surface area contributed by atoms with E-state index >= 15 is 0 Å². The van der Waals surface area contributed by atoms with Crippen LogP contribution in [0.25, 0.3) is 21.3 Å². The Kier molecular flexibility index (Phi) is 5.91. The van der Waals surface area contributed by atoms with E-state index in [-0.39, 0.29) is 26.3 Å². The topological polar surface area (TPSA) is 121 Å². The largest absolute Gasteiger partial charge is 0.433 e. The van der Waals surface area contributed by atoms with Crippen LogP contribution in [-0.2, 0) is 19.8 Å². The number of carbonyl (C=O) groups excluding carboxylic acids is 2. The van der Waals surface area contributed by atoms with E-state index in [0.717, 1.165) is 6.07 Å². The molecule has 184 valence electrons. The van der Waals surface area contributed by atoms with Crippen molar-refractivity contribution in [2.24, 2.45) is 12.8 Å². The van der Waals surface area contributed by atoms with E-state index in [1.165, 1.54) is 10.9 Å². The predicted molar refractivity (Wildman–Crippen MR) is 125 cm³/mol. The number of anilines is 1. The van der Waals surface area contributed by atoms with Gasteiger partial charge in [0.1, 0.15) is 15.4 Å². The molecule has 0 aliphatic carbocycles. The Hall–Kier alpha value is -3.74. The number of fused-ring (bicyclic) bond motifs is 1. The van der Waals surface area contributed by atoms with Crippen molar-refractivity contribution in [3.8, 4) is 11.1 Å². The Morgan fingerprint density at radius 2 is 1.86 bits per heavy atom. The minimum atomic E-state index is -4.73. The molecular weight excluding hydrogens is 483 g/mol. The maximum absolute atomic E-state index is 13.7. The third-order valence-corrected chi connectivity index (χ3v) is 6.94. The van der Waals surface area contributed by atoms with Crippen LogP contribution in [0.2, 0.25) is 0 Å². The number of thiophene rings is 1. The van der Waals surface area contributed by atoms with Crippen molar-refractivity contribution < 1.29 is 22.8 Å².